The van der Waals surface area contributed by atoms with Crippen LogP contribution in [0, 0.1) is 46.2 Å². The van der Waals surface area contributed by atoms with Gasteiger partial charge in [0.15, 0.2) is 0 Å². The normalized spacial score (nSPS) is 90.6. The molecule has 4 saturated carbocycles. The largest absolute Gasteiger partial charge is 0.0654 e. The van der Waals surface area contributed by atoms with E-state index in [4.69, 9.17) is 19.2 Å². The first-order valence-electron chi connectivity index (χ1n) is 20.3. The van der Waals surface area contributed by atoms with Crippen LogP contribution in [-0.2, 0) is 0 Å². The van der Waals surface area contributed by atoms with E-state index >= 15 is 0 Å². The SMILES string of the molecule is [2H]C([2H])([2H])C([2H])([2H])C([2H])([2H])[C@@]([2H])(C([2H])([2H])[2H])[C@@]1([2H])C([2H])([2H])C([2H])([2H])[C@]2([2H])[C@]1(C)CC[C@H]1[C@@]2([2H])C([2H])([2H])C([2H])([2H])C2([2H])CCCC[C@]12C. The summed E-state index contributed by atoms with van der Waals surface area (Å²) < 4.78 is 203. The van der Waals surface area contributed by atoms with Gasteiger partial charge in [0, 0.05) is 31.5 Å². The van der Waals surface area contributed by atoms with E-state index in [1.807, 2.05) is 0 Å². The topological polar surface area (TPSA) is 0 Å². The predicted molar refractivity (Wildman–Crippen MR) is 104 cm³/mol. The van der Waals surface area contributed by atoms with Crippen molar-refractivity contribution in [3.05, 3.63) is 0 Å². The highest BCUT2D eigenvalue weighted by molar-refractivity contribution is 5.09. The highest BCUT2D eigenvalue weighted by atomic mass is 14.6. The molecule has 1 unspecified atom stereocenters. The van der Waals surface area contributed by atoms with E-state index in [0.717, 1.165) is 6.92 Å². The van der Waals surface area contributed by atoms with E-state index in [1.165, 1.54) is 6.92 Å². The average Bonchev–Trinajstić information content (AvgIpc) is 2.96. The molecule has 0 aromatic carbocycles. The van der Waals surface area contributed by atoms with Crippen LogP contribution in [0.1, 0.15) is 136 Å². The van der Waals surface area contributed by atoms with Gasteiger partial charge >= 0.3 is 0 Å². The number of rotatable bonds is 3. The lowest BCUT2D eigenvalue weighted by molar-refractivity contribution is -0.114. The zero-order valence-corrected chi connectivity index (χ0v) is 14.3. The summed E-state index contributed by atoms with van der Waals surface area (Å²) in [5.74, 6) is -19.6. The Morgan fingerprint density at radius 1 is 1.17 bits per heavy atom. The maximum absolute atomic E-state index is 9.94. The maximum Gasteiger partial charge on any atom is 0.0311 e. The van der Waals surface area contributed by atoms with Crippen molar-refractivity contribution >= 4 is 0 Å². The van der Waals surface area contributed by atoms with Crippen LogP contribution in [-0.4, -0.2) is 0 Å². The van der Waals surface area contributed by atoms with E-state index in [-0.39, 0.29) is 12.8 Å². The second kappa shape index (κ2) is 6.31. The summed E-state index contributed by atoms with van der Waals surface area (Å²) in [5.41, 5.74) is -4.71. The van der Waals surface area contributed by atoms with Crippen LogP contribution in [0.4, 0.5) is 0 Å². The van der Waals surface area contributed by atoms with Crippen molar-refractivity contribution in [1.82, 2.24) is 0 Å². The number of hydrogen-bond donors (Lipinski definition) is 0. The van der Waals surface area contributed by atoms with E-state index in [1.54, 1.807) is 0 Å². The molecule has 24 heavy (non-hydrogen) atoms. The molecule has 4 fully saturated rings. The van der Waals surface area contributed by atoms with E-state index in [9.17, 15) is 12.3 Å². The second-order valence-electron chi connectivity index (χ2n) is 7.82. The van der Waals surface area contributed by atoms with Crippen LogP contribution in [0.25, 0.3) is 0 Å². The summed E-state index contributed by atoms with van der Waals surface area (Å²) in [6, 6.07) is 0. The summed E-state index contributed by atoms with van der Waals surface area (Å²) in [6.45, 7) is -6.10. The highest BCUT2D eigenvalue weighted by Crippen LogP contribution is 2.68. The van der Waals surface area contributed by atoms with Crippen molar-refractivity contribution in [2.24, 2.45) is 46.2 Å². The summed E-state index contributed by atoms with van der Waals surface area (Å²) >= 11 is 0. The first-order valence-corrected chi connectivity index (χ1v) is 8.80. The zero-order valence-electron chi connectivity index (χ0n) is 37.3. The van der Waals surface area contributed by atoms with Gasteiger partial charge in [-0.1, -0.05) is 53.1 Å². The molecule has 138 valence electrons. The van der Waals surface area contributed by atoms with Gasteiger partial charge < -0.3 is 0 Å². The molecular weight excluding hydrogens is 288 g/mol. The summed E-state index contributed by atoms with van der Waals surface area (Å²) in [7, 11) is 0. The lowest BCUT2D eigenvalue weighted by Crippen LogP contribution is -2.53. The molecule has 0 radical (unpaired) electrons. The monoisotopic (exact) mass is 353 g/mol. The minimum atomic E-state index is -4.54. The molecule has 0 N–H and O–H groups in total. The van der Waals surface area contributed by atoms with Crippen molar-refractivity contribution in [1.29, 1.82) is 0 Å². The summed E-state index contributed by atoms with van der Waals surface area (Å²) in [5, 5.41) is 0. The van der Waals surface area contributed by atoms with Gasteiger partial charge in [-0.2, -0.15) is 0 Å². The highest BCUT2D eigenvalue weighted by Gasteiger charge is 2.59. The molecule has 8 atom stereocenters. The van der Waals surface area contributed by atoms with Crippen molar-refractivity contribution < 1.29 is 31.5 Å². The third-order valence-corrected chi connectivity index (χ3v) is 6.58. The third kappa shape index (κ3) is 2.44. The Labute approximate surface area is 183 Å². The van der Waals surface area contributed by atoms with Crippen molar-refractivity contribution in [2.45, 2.75) is 104 Å². The Morgan fingerprint density at radius 2 is 2.08 bits per heavy atom. The molecule has 0 amide bonds. The van der Waals surface area contributed by atoms with Gasteiger partial charge in [-0.15, -0.1) is 0 Å². The number of fused-ring (bicyclic) bond motifs is 5. The summed E-state index contributed by atoms with van der Waals surface area (Å²) in [4.78, 5) is 0. The van der Waals surface area contributed by atoms with Gasteiger partial charge in [-0.25, -0.2) is 0 Å². The van der Waals surface area contributed by atoms with Gasteiger partial charge in [0.2, 0.25) is 0 Å². The minimum Gasteiger partial charge on any atom is -0.0654 e. The first-order chi connectivity index (χ1) is 20.3. The van der Waals surface area contributed by atoms with E-state index < -0.39 is 111 Å². The van der Waals surface area contributed by atoms with Crippen molar-refractivity contribution in [3.63, 3.8) is 0 Å². The smallest absolute Gasteiger partial charge is 0.0311 e. The van der Waals surface area contributed by atoms with Crippen molar-refractivity contribution in [2.75, 3.05) is 0 Å². The third-order valence-electron chi connectivity index (χ3n) is 6.58. The van der Waals surface area contributed by atoms with Crippen LogP contribution < -0.4 is 0 Å². The van der Waals surface area contributed by atoms with Crippen LogP contribution >= 0.6 is 0 Å². The molecule has 0 aromatic rings. The van der Waals surface area contributed by atoms with Gasteiger partial charge in [0.1, 0.15) is 0 Å². The van der Waals surface area contributed by atoms with Crippen molar-refractivity contribution in [3.8, 4) is 0 Å². The van der Waals surface area contributed by atoms with Gasteiger partial charge in [-0.05, 0) is 97.4 Å². The fourth-order valence-corrected chi connectivity index (χ4v) is 5.11. The molecule has 0 aliphatic heterocycles. The molecule has 0 bridgehead atoms. The Morgan fingerprint density at radius 3 is 2.92 bits per heavy atom. The Balaban J connectivity index is 2.23. The lowest BCUT2D eigenvalue weighted by atomic mass is 9.44. The zero-order chi connectivity index (χ0) is 37.3. The average molecular weight is 354 g/mol. The minimum absolute atomic E-state index is 0.0467. The Hall–Kier alpha value is 0. The van der Waals surface area contributed by atoms with E-state index in [0.29, 0.717) is 12.8 Å². The standard InChI is InChI=1S/C24H42/c1-5-8-17(2)20-12-13-21-19-11-10-18-9-6-7-15-23(18,3)22(19)14-16-24(20,21)4/h17-22H,5-16H2,1-4H3/t17-,18?,19+,20-,21+,22+,23+,24-/m1/s1/i1D3,2D3,5D2,8D2,10D2,11D2,12D2,13D2,17D,18D,19D,20D,21D. The summed E-state index contributed by atoms with van der Waals surface area (Å²) in [6.07, 6.45) is -24.7. The first kappa shape index (κ1) is 5.08. The maximum atomic E-state index is 9.94. The molecule has 0 saturated heterocycles. The fourth-order valence-electron chi connectivity index (χ4n) is 5.11. The lowest BCUT2D eigenvalue weighted by Gasteiger charge is -2.61. The van der Waals surface area contributed by atoms with Crippen LogP contribution in [0.5, 0.6) is 0 Å². The molecule has 4 aliphatic carbocycles. The van der Waals surface area contributed by atoms with Gasteiger partial charge in [0.05, 0.1) is 0 Å². The molecule has 0 heterocycles. The molecule has 0 heteroatoms. The van der Waals surface area contributed by atoms with Gasteiger partial charge in [-0.3, -0.25) is 0 Å². The predicted octanol–water partition coefficient (Wildman–Crippen LogP) is 7.47. The molecule has 4 rings (SSSR count). The number of hydrogen-bond acceptors (Lipinski definition) is 0. The molecule has 0 spiro atoms. The van der Waals surface area contributed by atoms with Crippen LogP contribution in [0.15, 0.2) is 0 Å². The van der Waals surface area contributed by atoms with Gasteiger partial charge in [0.25, 0.3) is 0 Å². The molecule has 4 aliphatic rings. The van der Waals surface area contributed by atoms with Crippen LogP contribution in [0.2, 0.25) is 0 Å². The van der Waals surface area contributed by atoms with E-state index in [2.05, 4.69) is 0 Å². The Kier molecular flexibility index (Phi) is 1.34. The van der Waals surface area contributed by atoms with Crippen LogP contribution in [0.3, 0.4) is 0 Å². The molecule has 0 aromatic heterocycles. The molecular formula is C24H42. The second-order valence-corrected chi connectivity index (χ2v) is 7.82. The fraction of sp³-hybridized carbons (Fsp3) is 1.00. The Bertz CT molecular complexity index is 1320. The quantitative estimate of drug-likeness (QED) is 0.493. The molecule has 0 nitrogen and oxygen atoms in total.